The number of hydrogen-bond donors (Lipinski definition) is 1. The van der Waals surface area contributed by atoms with Crippen LogP contribution < -0.4 is 5.32 Å². The fourth-order valence-corrected chi connectivity index (χ4v) is 2.65. The second-order valence-electron chi connectivity index (χ2n) is 5.63. The summed E-state index contributed by atoms with van der Waals surface area (Å²) >= 11 is 6.04. The van der Waals surface area contributed by atoms with Gasteiger partial charge in [-0.05, 0) is 45.0 Å². The smallest absolute Gasteiger partial charge is 0.343 e. The normalized spacial score (nSPS) is 10.6. The molecule has 0 aliphatic heterocycles. The molecule has 26 heavy (non-hydrogen) atoms. The molecular weight excluding hydrogens is 354 g/mol. The number of rotatable bonds is 5. The summed E-state index contributed by atoms with van der Waals surface area (Å²) in [7, 11) is 0. The first-order chi connectivity index (χ1) is 12.5. The lowest BCUT2D eigenvalue weighted by Gasteiger charge is -2.12. The van der Waals surface area contributed by atoms with Gasteiger partial charge in [-0.15, -0.1) is 0 Å². The fourth-order valence-electron chi connectivity index (χ4n) is 2.46. The maximum absolute atomic E-state index is 12.3. The van der Waals surface area contributed by atoms with E-state index in [-0.39, 0.29) is 12.2 Å². The number of anilines is 2. The molecule has 3 rings (SSSR count). The van der Waals surface area contributed by atoms with Crippen molar-refractivity contribution < 1.29 is 9.53 Å². The summed E-state index contributed by atoms with van der Waals surface area (Å²) in [5, 5.41) is 8.06. The quantitative estimate of drug-likeness (QED) is 0.686. The molecule has 2 aromatic heterocycles. The topological polar surface area (TPSA) is 81.9 Å². The lowest BCUT2D eigenvalue weighted by atomic mass is 10.2. The van der Waals surface area contributed by atoms with Crippen LogP contribution in [0.1, 0.15) is 28.7 Å². The van der Waals surface area contributed by atoms with Gasteiger partial charge < -0.3 is 10.1 Å². The Bertz CT molecular complexity index is 955. The van der Waals surface area contributed by atoms with E-state index in [2.05, 4.69) is 20.4 Å². The van der Waals surface area contributed by atoms with E-state index in [4.69, 9.17) is 16.3 Å². The van der Waals surface area contributed by atoms with Crippen molar-refractivity contribution in [1.82, 2.24) is 19.7 Å². The van der Waals surface area contributed by atoms with Gasteiger partial charge in [-0.1, -0.05) is 17.7 Å². The van der Waals surface area contributed by atoms with Crippen molar-refractivity contribution in [2.24, 2.45) is 0 Å². The van der Waals surface area contributed by atoms with Crippen LogP contribution in [0.2, 0.25) is 5.02 Å². The van der Waals surface area contributed by atoms with Gasteiger partial charge in [-0.25, -0.2) is 14.5 Å². The van der Waals surface area contributed by atoms with E-state index in [1.165, 1.54) is 6.20 Å². The summed E-state index contributed by atoms with van der Waals surface area (Å²) in [6.45, 7) is 5.80. The average molecular weight is 372 g/mol. The molecule has 0 unspecified atom stereocenters. The minimum atomic E-state index is -0.503. The van der Waals surface area contributed by atoms with E-state index in [9.17, 15) is 4.79 Å². The second-order valence-corrected chi connectivity index (χ2v) is 6.06. The van der Waals surface area contributed by atoms with Gasteiger partial charge in [0, 0.05) is 22.6 Å². The van der Waals surface area contributed by atoms with Gasteiger partial charge in [0.2, 0.25) is 0 Å². The highest BCUT2D eigenvalue weighted by atomic mass is 35.5. The number of carbonyl (C=O) groups is 1. The molecule has 0 bridgehead atoms. The van der Waals surface area contributed by atoms with Crippen LogP contribution in [0.3, 0.4) is 0 Å². The highest BCUT2D eigenvalue weighted by Crippen LogP contribution is 2.23. The molecule has 0 amide bonds. The first-order valence-corrected chi connectivity index (χ1v) is 8.46. The first kappa shape index (κ1) is 17.9. The average Bonchev–Trinajstić information content (AvgIpc) is 2.93. The molecule has 0 saturated heterocycles. The number of esters is 1. The number of hydrogen-bond acceptors (Lipinski definition) is 6. The van der Waals surface area contributed by atoms with E-state index >= 15 is 0 Å². The molecule has 0 spiro atoms. The van der Waals surface area contributed by atoms with Gasteiger partial charge in [0.1, 0.15) is 5.56 Å². The predicted molar refractivity (Wildman–Crippen MR) is 99.3 cm³/mol. The minimum absolute atomic E-state index is 0.233. The Morgan fingerprint density at radius 2 is 2.12 bits per heavy atom. The van der Waals surface area contributed by atoms with Crippen molar-refractivity contribution >= 4 is 29.1 Å². The maximum Gasteiger partial charge on any atom is 0.343 e. The largest absolute Gasteiger partial charge is 0.462 e. The van der Waals surface area contributed by atoms with Gasteiger partial charge in [0.25, 0.3) is 5.95 Å². The molecular formula is C18H18ClN5O2. The number of ether oxygens (including phenoxy) is 1. The van der Waals surface area contributed by atoms with Crippen molar-refractivity contribution in [2.75, 3.05) is 11.9 Å². The third kappa shape index (κ3) is 3.83. The Morgan fingerprint density at radius 1 is 1.31 bits per heavy atom. The summed E-state index contributed by atoms with van der Waals surface area (Å²) in [5.41, 5.74) is 2.67. The SMILES string of the molecule is CCOC(=O)c1cnc(-n2nc(C)cc2C)nc1Nc1cccc(Cl)c1. The second kappa shape index (κ2) is 7.53. The standard InChI is InChI=1S/C18H18ClN5O2/c1-4-26-17(25)15-10-20-18(24-12(3)8-11(2)23-24)22-16(15)21-14-7-5-6-13(19)9-14/h5-10H,4H2,1-3H3,(H,20,21,22). The van der Waals surface area contributed by atoms with Gasteiger partial charge in [0.05, 0.1) is 12.3 Å². The molecule has 134 valence electrons. The number of nitrogens with zero attached hydrogens (tertiary/aromatic N) is 4. The van der Waals surface area contributed by atoms with Crippen LogP contribution in [0, 0.1) is 13.8 Å². The molecule has 3 aromatic rings. The highest BCUT2D eigenvalue weighted by Gasteiger charge is 2.18. The van der Waals surface area contributed by atoms with Crippen LogP contribution in [0.15, 0.2) is 36.5 Å². The third-order valence-electron chi connectivity index (χ3n) is 3.56. The first-order valence-electron chi connectivity index (χ1n) is 8.08. The Morgan fingerprint density at radius 3 is 2.77 bits per heavy atom. The summed E-state index contributed by atoms with van der Waals surface area (Å²) in [5.74, 6) is 0.174. The number of halogens is 1. The molecule has 0 atom stereocenters. The number of benzene rings is 1. The Hall–Kier alpha value is -2.93. The van der Waals surface area contributed by atoms with E-state index in [0.717, 1.165) is 11.4 Å². The fraction of sp³-hybridized carbons (Fsp3) is 0.222. The van der Waals surface area contributed by atoms with Crippen LogP contribution in [0.25, 0.3) is 5.95 Å². The Balaban J connectivity index is 2.06. The van der Waals surface area contributed by atoms with Crippen molar-refractivity contribution in [3.05, 3.63) is 58.5 Å². The molecule has 0 aliphatic carbocycles. The molecule has 0 radical (unpaired) electrons. The van der Waals surface area contributed by atoms with Crippen LogP contribution >= 0.6 is 11.6 Å². The van der Waals surface area contributed by atoms with Crippen molar-refractivity contribution in [3.63, 3.8) is 0 Å². The monoisotopic (exact) mass is 371 g/mol. The number of aromatic nitrogens is 4. The molecule has 7 nitrogen and oxygen atoms in total. The van der Waals surface area contributed by atoms with E-state index in [1.807, 2.05) is 26.0 Å². The van der Waals surface area contributed by atoms with Crippen molar-refractivity contribution in [2.45, 2.75) is 20.8 Å². The van der Waals surface area contributed by atoms with E-state index in [0.29, 0.717) is 22.5 Å². The summed E-state index contributed by atoms with van der Waals surface area (Å²) in [4.78, 5) is 21.0. The molecule has 0 fully saturated rings. The molecule has 2 heterocycles. The van der Waals surface area contributed by atoms with E-state index in [1.54, 1.807) is 29.8 Å². The Kier molecular flexibility index (Phi) is 5.18. The van der Waals surface area contributed by atoms with Gasteiger partial charge >= 0.3 is 5.97 Å². The van der Waals surface area contributed by atoms with Gasteiger partial charge in [0.15, 0.2) is 5.82 Å². The van der Waals surface area contributed by atoms with Crippen LogP contribution in [-0.4, -0.2) is 32.3 Å². The van der Waals surface area contributed by atoms with Crippen LogP contribution in [0.4, 0.5) is 11.5 Å². The number of nitrogens with one attached hydrogen (secondary N) is 1. The summed E-state index contributed by atoms with van der Waals surface area (Å²) < 4.78 is 6.71. The molecule has 8 heteroatoms. The predicted octanol–water partition coefficient (Wildman–Crippen LogP) is 3.85. The molecule has 1 N–H and O–H groups in total. The zero-order chi connectivity index (χ0) is 18.7. The van der Waals surface area contributed by atoms with E-state index < -0.39 is 5.97 Å². The lowest BCUT2D eigenvalue weighted by molar-refractivity contribution is 0.0526. The lowest BCUT2D eigenvalue weighted by Crippen LogP contribution is -2.13. The molecule has 1 aromatic carbocycles. The van der Waals surface area contributed by atoms with Gasteiger partial charge in [-0.3, -0.25) is 0 Å². The Labute approximate surface area is 156 Å². The van der Waals surface area contributed by atoms with Gasteiger partial charge in [-0.2, -0.15) is 10.1 Å². The highest BCUT2D eigenvalue weighted by molar-refractivity contribution is 6.30. The van der Waals surface area contributed by atoms with Crippen LogP contribution in [-0.2, 0) is 4.74 Å². The van der Waals surface area contributed by atoms with Crippen molar-refractivity contribution in [3.8, 4) is 5.95 Å². The summed E-state index contributed by atoms with van der Waals surface area (Å²) in [6.07, 6.45) is 1.43. The number of aryl methyl sites for hydroxylation is 2. The third-order valence-corrected chi connectivity index (χ3v) is 3.79. The zero-order valence-corrected chi connectivity index (χ0v) is 15.4. The van der Waals surface area contributed by atoms with Crippen molar-refractivity contribution in [1.29, 1.82) is 0 Å². The van der Waals surface area contributed by atoms with Crippen LogP contribution in [0.5, 0.6) is 0 Å². The molecule has 0 aliphatic rings. The maximum atomic E-state index is 12.3. The summed E-state index contributed by atoms with van der Waals surface area (Å²) in [6, 6.07) is 9.05. The zero-order valence-electron chi connectivity index (χ0n) is 14.7. The molecule has 0 saturated carbocycles. The number of carbonyl (C=O) groups excluding carboxylic acids is 1. The minimum Gasteiger partial charge on any atom is -0.462 e.